The number of ether oxygens (including phenoxy) is 2. The van der Waals surface area contributed by atoms with Gasteiger partial charge in [0, 0.05) is 5.56 Å². The summed E-state index contributed by atoms with van der Waals surface area (Å²) in [4.78, 5) is 44.6. The van der Waals surface area contributed by atoms with E-state index in [0.717, 1.165) is 11.3 Å². The molecule has 1 saturated heterocycles. The molecule has 0 radical (unpaired) electrons. The number of esters is 1. The van der Waals surface area contributed by atoms with Gasteiger partial charge < -0.3 is 14.6 Å². The lowest BCUT2D eigenvalue weighted by Gasteiger charge is -2.23. The van der Waals surface area contributed by atoms with Crippen LogP contribution in [0, 0.1) is 6.92 Å². The standard InChI is InChI=1S/C25H22N2O6S/c1-4-33-24(31)22-14(2)26-25(34-22)27-19(15-8-6-5-7-9-15)18(21(29)23(27)30)20(28)16-10-12-17(32-3)13-11-16/h5-13,19,28H,4H2,1-3H3/b20-18+. The number of anilines is 1. The fourth-order valence-corrected chi connectivity index (χ4v) is 4.74. The molecule has 1 amide bonds. The fraction of sp³-hybridized carbons (Fsp3) is 0.200. The predicted octanol–water partition coefficient (Wildman–Crippen LogP) is 4.26. The van der Waals surface area contributed by atoms with E-state index in [2.05, 4.69) is 4.98 Å². The smallest absolute Gasteiger partial charge is 0.350 e. The van der Waals surface area contributed by atoms with Gasteiger partial charge in [-0.15, -0.1) is 0 Å². The highest BCUT2D eigenvalue weighted by Crippen LogP contribution is 2.43. The van der Waals surface area contributed by atoms with Gasteiger partial charge in [-0.1, -0.05) is 41.7 Å². The normalized spacial score (nSPS) is 17.1. The van der Waals surface area contributed by atoms with Gasteiger partial charge in [0.1, 0.15) is 16.4 Å². The van der Waals surface area contributed by atoms with E-state index in [1.165, 1.54) is 12.0 Å². The summed E-state index contributed by atoms with van der Waals surface area (Å²) >= 11 is 0.970. The van der Waals surface area contributed by atoms with Crippen molar-refractivity contribution in [1.82, 2.24) is 4.98 Å². The average molecular weight is 479 g/mol. The number of nitrogens with zero attached hydrogens (tertiary/aromatic N) is 2. The number of amides is 1. The molecule has 174 valence electrons. The van der Waals surface area contributed by atoms with Crippen molar-refractivity contribution in [3.63, 3.8) is 0 Å². The number of carbonyl (C=O) groups is 3. The van der Waals surface area contributed by atoms with E-state index in [4.69, 9.17) is 9.47 Å². The summed E-state index contributed by atoms with van der Waals surface area (Å²) in [6.07, 6.45) is 0. The van der Waals surface area contributed by atoms with Crippen LogP contribution in [0.4, 0.5) is 5.13 Å². The van der Waals surface area contributed by atoms with Crippen molar-refractivity contribution in [1.29, 1.82) is 0 Å². The molecule has 8 nitrogen and oxygen atoms in total. The number of aliphatic hydroxyl groups is 1. The first-order valence-corrected chi connectivity index (χ1v) is 11.3. The maximum atomic E-state index is 13.2. The number of benzene rings is 2. The molecule has 2 aromatic carbocycles. The summed E-state index contributed by atoms with van der Waals surface area (Å²) in [6.45, 7) is 3.53. The molecule has 0 spiro atoms. The molecule has 1 atom stereocenters. The highest BCUT2D eigenvalue weighted by atomic mass is 32.1. The van der Waals surface area contributed by atoms with E-state index in [1.54, 1.807) is 62.4 Å². The number of aryl methyl sites for hydroxylation is 1. The third-order valence-corrected chi connectivity index (χ3v) is 6.51. The average Bonchev–Trinajstić information content (AvgIpc) is 3.36. The van der Waals surface area contributed by atoms with Crippen LogP contribution in [-0.2, 0) is 14.3 Å². The topological polar surface area (TPSA) is 106 Å². The van der Waals surface area contributed by atoms with Crippen LogP contribution in [0.3, 0.4) is 0 Å². The number of hydrogen-bond acceptors (Lipinski definition) is 8. The molecule has 1 unspecified atom stereocenters. The van der Waals surface area contributed by atoms with Gasteiger partial charge in [0.2, 0.25) is 0 Å². The molecule has 1 aromatic heterocycles. The van der Waals surface area contributed by atoms with Crippen molar-refractivity contribution in [2.75, 3.05) is 18.6 Å². The number of aromatic nitrogens is 1. The van der Waals surface area contributed by atoms with Crippen LogP contribution in [0.25, 0.3) is 5.76 Å². The van der Waals surface area contributed by atoms with Crippen molar-refractivity contribution in [3.05, 3.63) is 81.9 Å². The Hall–Kier alpha value is -3.98. The maximum absolute atomic E-state index is 13.2. The molecule has 0 saturated carbocycles. The molecule has 4 rings (SSSR count). The second-order valence-electron chi connectivity index (χ2n) is 7.44. The largest absolute Gasteiger partial charge is 0.507 e. The van der Waals surface area contributed by atoms with E-state index in [-0.39, 0.29) is 27.9 Å². The van der Waals surface area contributed by atoms with Gasteiger partial charge in [-0.25, -0.2) is 9.78 Å². The molecule has 2 heterocycles. The molecular formula is C25H22N2O6S. The Balaban J connectivity index is 1.88. The number of Topliss-reactive ketones (excluding diaryl/α,β-unsaturated/α-hetero) is 1. The van der Waals surface area contributed by atoms with Crippen molar-refractivity contribution in [3.8, 4) is 5.75 Å². The fourth-order valence-electron chi connectivity index (χ4n) is 3.76. The second kappa shape index (κ2) is 9.48. The molecule has 34 heavy (non-hydrogen) atoms. The number of methoxy groups -OCH3 is 1. The minimum atomic E-state index is -0.927. The zero-order valence-corrected chi connectivity index (χ0v) is 19.6. The Morgan fingerprint density at radius 1 is 1.12 bits per heavy atom. The van der Waals surface area contributed by atoms with Crippen LogP contribution in [0.5, 0.6) is 5.75 Å². The molecule has 1 N–H and O–H groups in total. The van der Waals surface area contributed by atoms with Gasteiger partial charge >= 0.3 is 11.9 Å². The molecule has 1 aliphatic heterocycles. The van der Waals surface area contributed by atoms with Crippen molar-refractivity contribution < 1.29 is 29.0 Å². The Kier molecular flexibility index (Phi) is 6.47. The van der Waals surface area contributed by atoms with Crippen molar-refractivity contribution >= 4 is 39.9 Å². The van der Waals surface area contributed by atoms with E-state index in [0.29, 0.717) is 22.6 Å². The Morgan fingerprint density at radius 2 is 1.79 bits per heavy atom. The van der Waals surface area contributed by atoms with Crippen molar-refractivity contribution in [2.45, 2.75) is 19.9 Å². The quantitative estimate of drug-likeness (QED) is 0.244. The number of carbonyl (C=O) groups excluding carboxylic acids is 3. The molecule has 1 aliphatic rings. The third-order valence-electron chi connectivity index (χ3n) is 5.38. The monoisotopic (exact) mass is 478 g/mol. The van der Waals surface area contributed by atoms with Crippen LogP contribution in [0.1, 0.15) is 39.5 Å². The lowest BCUT2D eigenvalue weighted by molar-refractivity contribution is -0.132. The van der Waals surface area contributed by atoms with Gasteiger partial charge in [-0.05, 0) is 43.7 Å². The third kappa shape index (κ3) is 4.06. The van der Waals surface area contributed by atoms with Crippen LogP contribution < -0.4 is 9.64 Å². The van der Waals surface area contributed by atoms with Gasteiger partial charge in [0.25, 0.3) is 5.78 Å². The Morgan fingerprint density at radius 3 is 2.41 bits per heavy atom. The predicted molar refractivity (Wildman–Crippen MR) is 127 cm³/mol. The molecule has 9 heteroatoms. The highest BCUT2D eigenvalue weighted by Gasteiger charge is 2.48. The van der Waals surface area contributed by atoms with Crippen molar-refractivity contribution in [2.24, 2.45) is 0 Å². The first kappa shape index (κ1) is 23.2. The first-order chi connectivity index (χ1) is 16.4. The summed E-state index contributed by atoms with van der Waals surface area (Å²) < 4.78 is 10.2. The summed E-state index contributed by atoms with van der Waals surface area (Å²) in [6, 6.07) is 14.5. The van der Waals surface area contributed by atoms with E-state index in [9.17, 15) is 19.5 Å². The summed E-state index contributed by atoms with van der Waals surface area (Å²) in [5, 5.41) is 11.3. The van der Waals surface area contributed by atoms with Crippen LogP contribution >= 0.6 is 11.3 Å². The summed E-state index contributed by atoms with van der Waals surface area (Å²) in [5.74, 6) is -1.95. The van der Waals surface area contributed by atoms with Crippen LogP contribution in [-0.4, -0.2) is 41.5 Å². The lowest BCUT2D eigenvalue weighted by atomic mass is 9.95. The van der Waals surface area contributed by atoms with E-state index >= 15 is 0 Å². The molecular weight excluding hydrogens is 456 g/mol. The summed E-state index contributed by atoms with van der Waals surface area (Å²) in [5.41, 5.74) is 1.30. The zero-order chi connectivity index (χ0) is 24.4. The minimum Gasteiger partial charge on any atom is -0.507 e. The number of aliphatic hydroxyl groups excluding tert-OH is 1. The number of hydrogen-bond donors (Lipinski definition) is 1. The highest BCUT2D eigenvalue weighted by molar-refractivity contribution is 7.17. The Bertz CT molecular complexity index is 1280. The maximum Gasteiger partial charge on any atom is 0.350 e. The van der Waals surface area contributed by atoms with Crippen LogP contribution in [0.2, 0.25) is 0 Å². The second-order valence-corrected chi connectivity index (χ2v) is 8.42. The lowest BCUT2D eigenvalue weighted by Crippen LogP contribution is -2.29. The zero-order valence-electron chi connectivity index (χ0n) is 18.8. The Labute approximate surface area is 200 Å². The van der Waals surface area contributed by atoms with Gasteiger partial charge in [-0.3, -0.25) is 14.5 Å². The number of rotatable bonds is 6. The van der Waals surface area contributed by atoms with Gasteiger partial charge in [0.05, 0.1) is 31.0 Å². The SMILES string of the molecule is CCOC(=O)c1sc(N2C(=O)C(=O)/C(=C(/O)c3ccc(OC)cc3)C2c2ccccc2)nc1C. The number of ketones is 1. The van der Waals surface area contributed by atoms with E-state index < -0.39 is 23.7 Å². The summed E-state index contributed by atoms with van der Waals surface area (Å²) in [7, 11) is 1.52. The molecule has 1 fully saturated rings. The van der Waals surface area contributed by atoms with Crippen LogP contribution in [0.15, 0.2) is 60.2 Å². The van der Waals surface area contributed by atoms with Gasteiger partial charge in [0.15, 0.2) is 5.13 Å². The molecule has 0 aliphatic carbocycles. The molecule has 0 bridgehead atoms. The van der Waals surface area contributed by atoms with Gasteiger partial charge in [-0.2, -0.15) is 0 Å². The first-order valence-electron chi connectivity index (χ1n) is 10.5. The van der Waals surface area contributed by atoms with E-state index in [1.807, 2.05) is 6.07 Å². The minimum absolute atomic E-state index is 0.0631. The number of thiazole rings is 1. The molecule has 3 aromatic rings.